The highest BCUT2D eigenvalue weighted by Gasteiger charge is 2.22. The molecule has 1 saturated heterocycles. The van der Waals surface area contributed by atoms with Gasteiger partial charge >= 0.3 is 0 Å². The Morgan fingerprint density at radius 3 is 2.87 bits per heavy atom. The van der Waals surface area contributed by atoms with Crippen molar-refractivity contribution in [3.8, 4) is 5.75 Å². The molecule has 8 heteroatoms. The van der Waals surface area contributed by atoms with Crippen molar-refractivity contribution in [1.29, 1.82) is 0 Å². The lowest BCUT2D eigenvalue weighted by Gasteiger charge is -2.36. The predicted octanol–water partition coefficient (Wildman–Crippen LogP) is 3.82. The number of para-hydroxylation sites is 2. The van der Waals surface area contributed by atoms with E-state index in [4.69, 9.17) is 9.73 Å². The van der Waals surface area contributed by atoms with Crippen LogP contribution in [0, 0.1) is 6.92 Å². The lowest BCUT2D eigenvalue weighted by Crippen LogP contribution is -2.51. The van der Waals surface area contributed by atoms with Gasteiger partial charge in [0, 0.05) is 51.2 Å². The first kappa shape index (κ1) is 25.3. The zero-order valence-electron chi connectivity index (χ0n) is 19.0. The molecular weight excluding hydrogens is 503 g/mol. The summed E-state index contributed by atoms with van der Waals surface area (Å²) in [6.07, 6.45) is 8.37. The van der Waals surface area contributed by atoms with E-state index in [2.05, 4.69) is 44.1 Å². The van der Waals surface area contributed by atoms with Gasteiger partial charge in [-0.1, -0.05) is 12.1 Å². The van der Waals surface area contributed by atoms with Gasteiger partial charge in [-0.15, -0.1) is 24.0 Å². The fourth-order valence-electron chi connectivity index (χ4n) is 3.94. The molecule has 0 saturated carbocycles. The third kappa shape index (κ3) is 7.59. The maximum absolute atomic E-state index is 5.56. The number of halogens is 1. The fraction of sp³-hybridized carbons (Fsp3) is 0.565. The molecule has 1 aliphatic rings. The lowest BCUT2D eigenvalue weighted by molar-refractivity contribution is 0.408. The SMILES string of the molecule is CCNC(=NCCCCn1ccnc1C)NC1CCCN(c2ccccc2OC)C1.I. The first-order valence-corrected chi connectivity index (χ1v) is 11.1. The minimum Gasteiger partial charge on any atom is -0.495 e. The van der Waals surface area contributed by atoms with Crippen LogP contribution in [0.25, 0.3) is 0 Å². The van der Waals surface area contributed by atoms with Crippen LogP contribution in [0.3, 0.4) is 0 Å². The first-order valence-electron chi connectivity index (χ1n) is 11.1. The Balaban J connectivity index is 0.00000341. The number of aryl methyl sites for hydroxylation is 2. The normalized spacial score (nSPS) is 16.5. The van der Waals surface area contributed by atoms with Crippen molar-refractivity contribution in [2.24, 2.45) is 4.99 Å². The summed E-state index contributed by atoms with van der Waals surface area (Å²) in [5, 5.41) is 7.05. The molecule has 1 aromatic carbocycles. The molecule has 0 amide bonds. The molecule has 1 aromatic heterocycles. The number of piperidine rings is 1. The maximum atomic E-state index is 5.56. The van der Waals surface area contributed by atoms with Crippen LogP contribution in [-0.2, 0) is 6.54 Å². The van der Waals surface area contributed by atoms with Gasteiger partial charge in [0.1, 0.15) is 11.6 Å². The summed E-state index contributed by atoms with van der Waals surface area (Å²) in [6, 6.07) is 8.64. The van der Waals surface area contributed by atoms with Gasteiger partial charge in [-0.3, -0.25) is 4.99 Å². The summed E-state index contributed by atoms with van der Waals surface area (Å²) < 4.78 is 7.76. The van der Waals surface area contributed by atoms with Crippen molar-refractivity contribution in [1.82, 2.24) is 20.2 Å². The number of anilines is 1. The summed E-state index contributed by atoms with van der Waals surface area (Å²) in [7, 11) is 1.74. The first-order chi connectivity index (χ1) is 14.7. The smallest absolute Gasteiger partial charge is 0.191 e. The van der Waals surface area contributed by atoms with Crippen molar-refractivity contribution in [3.05, 3.63) is 42.5 Å². The number of benzene rings is 1. The van der Waals surface area contributed by atoms with Gasteiger partial charge in [0.15, 0.2) is 5.96 Å². The Morgan fingerprint density at radius 2 is 2.13 bits per heavy atom. The molecular formula is C23H37IN6O. The van der Waals surface area contributed by atoms with Crippen molar-refractivity contribution in [2.45, 2.75) is 52.1 Å². The Morgan fingerprint density at radius 1 is 1.29 bits per heavy atom. The topological polar surface area (TPSA) is 66.7 Å². The predicted molar refractivity (Wildman–Crippen MR) is 139 cm³/mol. The second-order valence-corrected chi connectivity index (χ2v) is 7.74. The van der Waals surface area contributed by atoms with Crippen LogP contribution in [-0.4, -0.2) is 54.8 Å². The summed E-state index contributed by atoms with van der Waals surface area (Å²) >= 11 is 0. The van der Waals surface area contributed by atoms with E-state index in [-0.39, 0.29) is 24.0 Å². The van der Waals surface area contributed by atoms with Crippen molar-refractivity contribution in [2.75, 3.05) is 38.2 Å². The molecule has 0 aliphatic carbocycles. The lowest BCUT2D eigenvalue weighted by atomic mass is 10.0. The number of methoxy groups -OCH3 is 1. The number of rotatable bonds is 9. The van der Waals surface area contributed by atoms with E-state index in [0.29, 0.717) is 6.04 Å². The van der Waals surface area contributed by atoms with Gasteiger partial charge in [0.25, 0.3) is 0 Å². The van der Waals surface area contributed by atoms with Crippen LogP contribution in [0.2, 0.25) is 0 Å². The average molecular weight is 540 g/mol. The number of aliphatic imine (C=N–C) groups is 1. The van der Waals surface area contributed by atoms with Crippen molar-refractivity contribution < 1.29 is 4.74 Å². The monoisotopic (exact) mass is 540 g/mol. The van der Waals surface area contributed by atoms with E-state index >= 15 is 0 Å². The Labute approximate surface area is 203 Å². The number of unbranched alkanes of at least 4 members (excludes halogenated alkanes) is 1. The van der Waals surface area contributed by atoms with Gasteiger partial charge in [-0.2, -0.15) is 0 Å². The largest absolute Gasteiger partial charge is 0.495 e. The number of ether oxygens (including phenoxy) is 1. The number of guanidine groups is 1. The Kier molecular flexibility index (Phi) is 11.0. The zero-order chi connectivity index (χ0) is 21.2. The highest BCUT2D eigenvalue weighted by Crippen LogP contribution is 2.29. The number of hydrogen-bond acceptors (Lipinski definition) is 4. The van der Waals surface area contributed by atoms with E-state index in [0.717, 1.165) is 75.9 Å². The molecule has 31 heavy (non-hydrogen) atoms. The summed E-state index contributed by atoms with van der Waals surface area (Å²) in [5.74, 6) is 2.93. The number of aromatic nitrogens is 2. The maximum Gasteiger partial charge on any atom is 0.191 e. The van der Waals surface area contributed by atoms with Crippen LogP contribution in [0.5, 0.6) is 5.75 Å². The highest BCUT2D eigenvalue weighted by molar-refractivity contribution is 14.0. The number of nitrogens with zero attached hydrogens (tertiary/aromatic N) is 4. The summed E-state index contributed by atoms with van der Waals surface area (Å²) in [4.78, 5) is 11.5. The van der Waals surface area contributed by atoms with E-state index in [1.54, 1.807) is 7.11 Å². The molecule has 7 nitrogen and oxygen atoms in total. The van der Waals surface area contributed by atoms with E-state index in [1.165, 1.54) is 5.69 Å². The molecule has 0 spiro atoms. The third-order valence-corrected chi connectivity index (χ3v) is 5.53. The van der Waals surface area contributed by atoms with Crippen LogP contribution in [0.4, 0.5) is 5.69 Å². The molecule has 2 N–H and O–H groups in total. The molecule has 1 aliphatic heterocycles. The quantitative estimate of drug-likeness (QED) is 0.219. The Bertz CT molecular complexity index is 809. The molecule has 2 aromatic rings. The molecule has 1 unspecified atom stereocenters. The van der Waals surface area contributed by atoms with Crippen LogP contribution >= 0.6 is 24.0 Å². The average Bonchev–Trinajstić information content (AvgIpc) is 3.18. The van der Waals surface area contributed by atoms with E-state index in [1.807, 2.05) is 31.5 Å². The van der Waals surface area contributed by atoms with Crippen LogP contribution in [0.15, 0.2) is 41.7 Å². The Hall–Kier alpha value is -1.97. The second kappa shape index (κ2) is 13.4. The zero-order valence-corrected chi connectivity index (χ0v) is 21.3. The fourth-order valence-corrected chi connectivity index (χ4v) is 3.94. The highest BCUT2D eigenvalue weighted by atomic mass is 127. The van der Waals surface area contributed by atoms with Gasteiger partial charge < -0.3 is 24.8 Å². The summed E-state index contributed by atoms with van der Waals surface area (Å²) in [6.45, 7) is 8.85. The molecule has 1 fully saturated rings. The number of nitrogens with one attached hydrogen (secondary N) is 2. The van der Waals surface area contributed by atoms with Gasteiger partial charge in [-0.05, 0) is 51.7 Å². The van der Waals surface area contributed by atoms with Gasteiger partial charge in [-0.25, -0.2) is 4.98 Å². The minimum absolute atomic E-state index is 0. The van der Waals surface area contributed by atoms with Crippen LogP contribution < -0.4 is 20.3 Å². The standard InChI is InChI=1S/C23H36N6O.HI/c1-4-24-23(26-13-7-8-15-28-17-14-25-19(28)2)27-20-10-9-16-29(18-20)21-11-5-6-12-22(21)30-3;/h5-6,11-12,14,17,20H,4,7-10,13,15-16,18H2,1-3H3,(H2,24,26,27);1H. The summed E-state index contributed by atoms with van der Waals surface area (Å²) in [5.41, 5.74) is 1.17. The molecule has 3 rings (SSSR count). The molecule has 0 bridgehead atoms. The van der Waals surface area contributed by atoms with Gasteiger partial charge in [0.05, 0.1) is 12.8 Å². The second-order valence-electron chi connectivity index (χ2n) is 7.74. The number of hydrogen-bond donors (Lipinski definition) is 2. The minimum atomic E-state index is 0. The number of imidazole rings is 1. The van der Waals surface area contributed by atoms with Crippen LogP contribution in [0.1, 0.15) is 38.4 Å². The third-order valence-electron chi connectivity index (χ3n) is 5.53. The molecule has 0 radical (unpaired) electrons. The van der Waals surface area contributed by atoms with Crippen molar-refractivity contribution in [3.63, 3.8) is 0 Å². The van der Waals surface area contributed by atoms with Crippen molar-refractivity contribution >= 4 is 35.6 Å². The molecule has 172 valence electrons. The molecule has 2 heterocycles. The van der Waals surface area contributed by atoms with Gasteiger partial charge in [0.2, 0.25) is 0 Å². The van der Waals surface area contributed by atoms with E-state index in [9.17, 15) is 0 Å². The molecule has 1 atom stereocenters. The van der Waals surface area contributed by atoms with E-state index < -0.39 is 0 Å².